The second-order valence-corrected chi connectivity index (χ2v) is 7.73. The van der Waals surface area contributed by atoms with Gasteiger partial charge in [0.25, 0.3) is 0 Å². The zero-order valence-corrected chi connectivity index (χ0v) is 14.1. The number of hydrogen-bond acceptors (Lipinski definition) is 4. The van der Waals surface area contributed by atoms with Gasteiger partial charge in [0.05, 0.1) is 13.4 Å². The molecular weight excluding hydrogens is 344 g/mol. The smallest absolute Gasteiger partial charge is 0.211 e. The normalized spacial score (nSPS) is 18.1. The Labute approximate surface area is 128 Å². The van der Waals surface area contributed by atoms with Crippen molar-refractivity contribution < 1.29 is 13.2 Å². The standard InChI is InChI=1S/C13H19BrN2O3S/c1-19-12-3-4-13(14)11(9-12)10-15-5-7-16(8-6-15)20(2,17)18/h3-4,9H,5-8,10H2,1-2H3. The van der Waals surface area contributed by atoms with Crippen LogP contribution in [-0.4, -0.2) is 57.2 Å². The molecule has 1 aromatic carbocycles. The summed E-state index contributed by atoms with van der Waals surface area (Å²) in [5.41, 5.74) is 1.15. The number of rotatable bonds is 4. The summed E-state index contributed by atoms with van der Waals surface area (Å²) >= 11 is 3.54. The molecule has 0 bridgehead atoms. The SMILES string of the molecule is COc1ccc(Br)c(CN2CCN(S(C)(=O)=O)CC2)c1. The Morgan fingerprint density at radius 3 is 2.45 bits per heavy atom. The minimum Gasteiger partial charge on any atom is -0.497 e. The van der Waals surface area contributed by atoms with E-state index in [1.54, 1.807) is 7.11 Å². The third-order valence-electron chi connectivity index (χ3n) is 3.45. The van der Waals surface area contributed by atoms with Gasteiger partial charge in [-0.15, -0.1) is 0 Å². The Kier molecular flexibility index (Phi) is 5.06. The molecule has 1 aromatic rings. The summed E-state index contributed by atoms with van der Waals surface area (Å²) in [5, 5.41) is 0. The molecule has 1 fully saturated rings. The largest absolute Gasteiger partial charge is 0.497 e. The maximum Gasteiger partial charge on any atom is 0.211 e. The van der Waals surface area contributed by atoms with Crippen molar-refractivity contribution in [2.75, 3.05) is 39.5 Å². The molecule has 0 N–H and O–H groups in total. The summed E-state index contributed by atoms with van der Waals surface area (Å²) in [6.45, 7) is 3.39. The maximum atomic E-state index is 11.5. The number of sulfonamides is 1. The first-order valence-electron chi connectivity index (χ1n) is 6.40. The highest BCUT2D eigenvalue weighted by atomic mass is 79.9. The zero-order valence-electron chi connectivity index (χ0n) is 11.7. The highest BCUT2D eigenvalue weighted by Crippen LogP contribution is 2.24. The van der Waals surface area contributed by atoms with Gasteiger partial charge in [-0.25, -0.2) is 8.42 Å². The lowest BCUT2D eigenvalue weighted by Gasteiger charge is -2.33. The summed E-state index contributed by atoms with van der Waals surface area (Å²) in [5.74, 6) is 0.831. The van der Waals surface area contributed by atoms with Gasteiger partial charge >= 0.3 is 0 Å². The van der Waals surface area contributed by atoms with E-state index in [1.807, 2.05) is 18.2 Å². The summed E-state index contributed by atoms with van der Waals surface area (Å²) < 4.78 is 30.8. The summed E-state index contributed by atoms with van der Waals surface area (Å²) in [6.07, 6.45) is 1.27. The van der Waals surface area contributed by atoms with Crippen LogP contribution in [0.2, 0.25) is 0 Å². The molecule has 112 valence electrons. The third kappa shape index (κ3) is 3.94. The number of nitrogens with zero attached hydrogens (tertiary/aromatic N) is 2. The van der Waals surface area contributed by atoms with Crippen molar-refractivity contribution in [3.05, 3.63) is 28.2 Å². The Morgan fingerprint density at radius 2 is 1.90 bits per heavy atom. The van der Waals surface area contributed by atoms with E-state index < -0.39 is 10.0 Å². The molecule has 7 heteroatoms. The van der Waals surface area contributed by atoms with Crippen molar-refractivity contribution in [3.63, 3.8) is 0 Å². The Hall–Kier alpha value is -0.630. The van der Waals surface area contributed by atoms with Gasteiger partial charge in [0, 0.05) is 37.2 Å². The van der Waals surface area contributed by atoms with Gasteiger partial charge in [-0.05, 0) is 23.8 Å². The Balaban J connectivity index is 1.99. The molecule has 0 aromatic heterocycles. The predicted octanol–water partition coefficient (Wildman–Crippen LogP) is 1.53. The molecule has 1 aliphatic rings. The molecule has 0 unspecified atom stereocenters. The Bertz CT molecular complexity index is 569. The van der Waals surface area contributed by atoms with Crippen molar-refractivity contribution in [1.82, 2.24) is 9.21 Å². The summed E-state index contributed by atoms with van der Waals surface area (Å²) in [7, 11) is -1.41. The van der Waals surface area contributed by atoms with Crippen LogP contribution in [0.15, 0.2) is 22.7 Å². The van der Waals surface area contributed by atoms with Crippen molar-refractivity contribution in [1.29, 1.82) is 0 Å². The maximum absolute atomic E-state index is 11.5. The van der Waals surface area contributed by atoms with E-state index in [2.05, 4.69) is 20.8 Å². The number of ether oxygens (including phenoxy) is 1. The van der Waals surface area contributed by atoms with Crippen LogP contribution in [0, 0.1) is 0 Å². The third-order valence-corrected chi connectivity index (χ3v) is 5.52. The molecular formula is C13H19BrN2O3S. The fourth-order valence-corrected chi connectivity index (χ4v) is 3.46. The number of methoxy groups -OCH3 is 1. The lowest BCUT2D eigenvalue weighted by atomic mass is 10.2. The number of benzene rings is 1. The van der Waals surface area contributed by atoms with Crippen molar-refractivity contribution in [2.45, 2.75) is 6.54 Å². The lowest BCUT2D eigenvalue weighted by molar-refractivity contribution is 0.182. The van der Waals surface area contributed by atoms with Gasteiger partial charge in [-0.2, -0.15) is 4.31 Å². The van der Waals surface area contributed by atoms with Gasteiger partial charge in [-0.3, -0.25) is 4.90 Å². The molecule has 0 amide bonds. The topological polar surface area (TPSA) is 49.9 Å². The molecule has 20 heavy (non-hydrogen) atoms. The monoisotopic (exact) mass is 362 g/mol. The fourth-order valence-electron chi connectivity index (χ4n) is 2.26. The van der Waals surface area contributed by atoms with Gasteiger partial charge in [-0.1, -0.05) is 15.9 Å². The van der Waals surface area contributed by atoms with Crippen LogP contribution in [0.5, 0.6) is 5.75 Å². The molecule has 1 aliphatic heterocycles. The van der Waals surface area contributed by atoms with E-state index in [1.165, 1.54) is 10.6 Å². The van der Waals surface area contributed by atoms with Crippen LogP contribution in [0.25, 0.3) is 0 Å². The fraction of sp³-hybridized carbons (Fsp3) is 0.538. The highest BCUT2D eigenvalue weighted by Gasteiger charge is 2.23. The average molecular weight is 363 g/mol. The second kappa shape index (κ2) is 6.43. The Morgan fingerprint density at radius 1 is 1.25 bits per heavy atom. The quantitative estimate of drug-likeness (QED) is 0.814. The number of piperazine rings is 1. The van der Waals surface area contributed by atoms with E-state index in [0.29, 0.717) is 13.1 Å². The first-order valence-corrected chi connectivity index (χ1v) is 9.04. The summed E-state index contributed by atoms with van der Waals surface area (Å²) in [4.78, 5) is 2.25. The average Bonchev–Trinajstić information content (AvgIpc) is 2.41. The number of halogens is 1. The molecule has 0 aliphatic carbocycles. The van der Waals surface area contributed by atoms with Gasteiger partial charge in [0.1, 0.15) is 5.75 Å². The molecule has 0 saturated carbocycles. The van der Waals surface area contributed by atoms with E-state index >= 15 is 0 Å². The first kappa shape index (κ1) is 15.8. The van der Waals surface area contributed by atoms with Crippen LogP contribution in [0.1, 0.15) is 5.56 Å². The lowest BCUT2D eigenvalue weighted by Crippen LogP contribution is -2.47. The second-order valence-electron chi connectivity index (χ2n) is 4.90. The van der Waals surface area contributed by atoms with Crippen LogP contribution in [0.3, 0.4) is 0 Å². The minimum atomic E-state index is -3.06. The van der Waals surface area contributed by atoms with Crippen LogP contribution < -0.4 is 4.74 Å². The molecule has 2 rings (SSSR count). The van der Waals surface area contributed by atoms with Crippen molar-refractivity contribution in [3.8, 4) is 5.75 Å². The predicted molar refractivity (Wildman–Crippen MR) is 82.4 cm³/mol. The molecule has 5 nitrogen and oxygen atoms in total. The van der Waals surface area contributed by atoms with Gasteiger partial charge < -0.3 is 4.74 Å². The van der Waals surface area contributed by atoms with E-state index in [0.717, 1.165) is 35.4 Å². The van der Waals surface area contributed by atoms with E-state index in [9.17, 15) is 8.42 Å². The van der Waals surface area contributed by atoms with Crippen molar-refractivity contribution >= 4 is 26.0 Å². The molecule has 0 atom stereocenters. The van der Waals surface area contributed by atoms with Gasteiger partial charge in [0.15, 0.2) is 0 Å². The van der Waals surface area contributed by atoms with Gasteiger partial charge in [0.2, 0.25) is 10.0 Å². The van der Waals surface area contributed by atoms with Crippen LogP contribution in [-0.2, 0) is 16.6 Å². The van der Waals surface area contributed by atoms with E-state index in [4.69, 9.17) is 4.74 Å². The highest BCUT2D eigenvalue weighted by molar-refractivity contribution is 9.10. The molecule has 0 spiro atoms. The van der Waals surface area contributed by atoms with Crippen molar-refractivity contribution in [2.24, 2.45) is 0 Å². The summed E-state index contributed by atoms with van der Waals surface area (Å²) in [6, 6.07) is 5.89. The first-order chi connectivity index (χ1) is 9.40. The molecule has 1 heterocycles. The molecule has 0 radical (unpaired) electrons. The number of hydrogen-bond donors (Lipinski definition) is 0. The van der Waals surface area contributed by atoms with E-state index in [-0.39, 0.29) is 0 Å². The molecule has 1 saturated heterocycles. The van der Waals surface area contributed by atoms with Crippen LogP contribution >= 0.6 is 15.9 Å². The minimum absolute atomic E-state index is 0.556. The van der Waals surface area contributed by atoms with Crippen LogP contribution in [0.4, 0.5) is 0 Å². The zero-order chi connectivity index (χ0) is 14.8.